The highest BCUT2D eigenvalue weighted by molar-refractivity contribution is 5.99. The van der Waals surface area contributed by atoms with E-state index in [1.165, 1.54) is 36.2 Å². The van der Waals surface area contributed by atoms with E-state index in [4.69, 9.17) is 0 Å². The van der Waals surface area contributed by atoms with Crippen LogP contribution >= 0.6 is 0 Å². The number of benzene rings is 1. The molecule has 0 spiro atoms. The van der Waals surface area contributed by atoms with Crippen molar-refractivity contribution in [2.24, 2.45) is 0 Å². The first-order chi connectivity index (χ1) is 11.9. The third-order valence-corrected chi connectivity index (χ3v) is 4.18. The van der Waals surface area contributed by atoms with Gasteiger partial charge < -0.3 is 10.2 Å². The average Bonchev–Trinajstić information content (AvgIpc) is 3.04. The summed E-state index contributed by atoms with van der Waals surface area (Å²) in [6.45, 7) is 1.67. The van der Waals surface area contributed by atoms with Crippen LogP contribution in [-0.2, 0) is 4.79 Å². The number of aromatic nitrogens is 2. The van der Waals surface area contributed by atoms with Crippen LogP contribution in [0.3, 0.4) is 0 Å². The average molecular weight is 348 g/mol. The zero-order valence-corrected chi connectivity index (χ0v) is 13.6. The fourth-order valence-electron chi connectivity index (χ4n) is 2.98. The number of carbonyl (C=O) groups excluding carboxylic acids is 2. The van der Waals surface area contributed by atoms with Crippen molar-refractivity contribution in [3.8, 4) is 11.3 Å². The van der Waals surface area contributed by atoms with Crippen molar-refractivity contribution in [3.63, 3.8) is 0 Å². The van der Waals surface area contributed by atoms with Crippen LogP contribution in [0.2, 0.25) is 0 Å². The Morgan fingerprint density at radius 2 is 2.16 bits per heavy atom. The van der Waals surface area contributed by atoms with Gasteiger partial charge in [0.15, 0.2) is 0 Å². The predicted molar refractivity (Wildman–Crippen MR) is 87.0 cm³/mol. The largest absolute Gasteiger partial charge is 0.347 e. The SMILES string of the molecule is CC(=O)N1C[C@H](F)C[C@H](NC(=O)c2cn[nH]c2-c2cccc(F)c2)C1. The minimum absolute atomic E-state index is 0.0436. The summed E-state index contributed by atoms with van der Waals surface area (Å²) < 4.78 is 27.2. The molecular weight excluding hydrogens is 330 g/mol. The number of aromatic amines is 1. The molecule has 0 radical (unpaired) electrons. The lowest BCUT2D eigenvalue weighted by Crippen LogP contribution is -2.52. The summed E-state index contributed by atoms with van der Waals surface area (Å²) in [6, 6.07) is 5.30. The Labute approximate surface area is 143 Å². The molecule has 1 saturated heterocycles. The Morgan fingerprint density at radius 1 is 1.36 bits per heavy atom. The summed E-state index contributed by atoms with van der Waals surface area (Å²) >= 11 is 0. The quantitative estimate of drug-likeness (QED) is 0.889. The first-order valence-electron chi connectivity index (χ1n) is 7.94. The van der Waals surface area contributed by atoms with Gasteiger partial charge in [0, 0.05) is 31.5 Å². The maximum atomic E-state index is 13.8. The van der Waals surface area contributed by atoms with Crippen LogP contribution in [0.4, 0.5) is 8.78 Å². The Morgan fingerprint density at radius 3 is 2.88 bits per heavy atom. The van der Waals surface area contributed by atoms with Crippen LogP contribution in [0.5, 0.6) is 0 Å². The summed E-state index contributed by atoms with van der Waals surface area (Å²) in [7, 11) is 0. The van der Waals surface area contributed by atoms with Crippen LogP contribution in [0.1, 0.15) is 23.7 Å². The molecule has 25 heavy (non-hydrogen) atoms. The van der Waals surface area contributed by atoms with Crippen molar-refractivity contribution in [1.82, 2.24) is 20.4 Å². The number of nitrogens with one attached hydrogen (secondary N) is 2. The number of hydrogen-bond donors (Lipinski definition) is 2. The van der Waals surface area contributed by atoms with Crippen molar-refractivity contribution in [3.05, 3.63) is 41.8 Å². The zero-order chi connectivity index (χ0) is 18.0. The molecule has 1 aromatic carbocycles. The van der Waals surface area contributed by atoms with Gasteiger partial charge in [-0.25, -0.2) is 8.78 Å². The van der Waals surface area contributed by atoms with Crippen LogP contribution in [0, 0.1) is 5.82 Å². The van der Waals surface area contributed by atoms with Crippen LogP contribution in [0.15, 0.2) is 30.5 Å². The summed E-state index contributed by atoms with van der Waals surface area (Å²) in [5, 5.41) is 9.28. The zero-order valence-electron chi connectivity index (χ0n) is 13.6. The molecule has 0 aliphatic carbocycles. The molecular formula is C17H18F2N4O2. The molecule has 1 fully saturated rings. The van der Waals surface area contributed by atoms with Gasteiger partial charge in [-0.05, 0) is 12.1 Å². The lowest BCUT2D eigenvalue weighted by Gasteiger charge is -2.34. The Kier molecular flexibility index (Phi) is 4.78. The highest BCUT2D eigenvalue weighted by Gasteiger charge is 2.30. The molecule has 8 heteroatoms. The number of nitrogens with zero attached hydrogens (tertiary/aromatic N) is 2. The van der Waals surface area contributed by atoms with E-state index in [0.29, 0.717) is 11.3 Å². The standard InChI is InChI=1S/C17H18F2N4O2/c1-10(24)23-8-13(19)6-14(9-23)21-17(25)15-7-20-22-16(15)11-3-2-4-12(18)5-11/h2-5,7,13-14H,6,8-9H2,1H3,(H,20,22)(H,21,25)/t13-,14+/m1/s1. The van der Waals surface area contributed by atoms with Crippen molar-refractivity contribution >= 4 is 11.8 Å². The number of H-pyrrole nitrogens is 1. The normalized spacial score (nSPS) is 20.4. The van der Waals surface area contributed by atoms with Crippen LogP contribution < -0.4 is 5.32 Å². The van der Waals surface area contributed by atoms with Gasteiger partial charge in [-0.2, -0.15) is 5.10 Å². The summed E-state index contributed by atoms with van der Waals surface area (Å²) in [4.78, 5) is 25.4. The van der Waals surface area contributed by atoms with Gasteiger partial charge in [-0.15, -0.1) is 0 Å². The summed E-state index contributed by atoms with van der Waals surface area (Å²) in [6.07, 6.45) is 0.298. The fraction of sp³-hybridized carbons (Fsp3) is 0.353. The molecule has 0 saturated carbocycles. The Balaban J connectivity index is 1.76. The topological polar surface area (TPSA) is 78.1 Å². The molecule has 0 bridgehead atoms. The maximum Gasteiger partial charge on any atom is 0.255 e. The molecule has 1 aliphatic heterocycles. The molecule has 2 amide bonds. The van der Waals surface area contributed by atoms with Crippen LogP contribution in [0.25, 0.3) is 11.3 Å². The van der Waals surface area contributed by atoms with Crippen molar-refractivity contribution in [1.29, 1.82) is 0 Å². The predicted octanol–water partition coefficient (Wildman–Crippen LogP) is 1.90. The molecule has 2 aromatic rings. The minimum atomic E-state index is -1.19. The number of carbonyl (C=O) groups is 2. The van der Waals surface area contributed by atoms with Gasteiger partial charge in [0.05, 0.1) is 24.0 Å². The van der Waals surface area contributed by atoms with E-state index < -0.39 is 23.9 Å². The fourth-order valence-corrected chi connectivity index (χ4v) is 2.98. The molecule has 2 heterocycles. The van der Waals surface area contributed by atoms with E-state index in [0.717, 1.165) is 0 Å². The van der Waals surface area contributed by atoms with Gasteiger partial charge in [-0.1, -0.05) is 12.1 Å². The lowest BCUT2D eigenvalue weighted by molar-refractivity contribution is -0.131. The number of alkyl halides is 1. The number of piperidine rings is 1. The van der Waals surface area contributed by atoms with Crippen molar-refractivity contribution in [2.45, 2.75) is 25.6 Å². The van der Waals surface area contributed by atoms with Gasteiger partial charge in [0.2, 0.25) is 5.91 Å². The molecule has 0 unspecified atom stereocenters. The maximum absolute atomic E-state index is 13.8. The van der Waals surface area contributed by atoms with E-state index in [1.807, 2.05) is 0 Å². The van der Waals surface area contributed by atoms with E-state index in [9.17, 15) is 18.4 Å². The number of hydrogen-bond acceptors (Lipinski definition) is 3. The number of likely N-dealkylation sites (tertiary alicyclic amines) is 1. The second-order valence-electron chi connectivity index (χ2n) is 6.10. The van der Waals surface area contributed by atoms with E-state index in [1.54, 1.807) is 6.07 Å². The van der Waals surface area contributed by atoms with Gasteiger partial charge >= 0.3 is 0 Å². The Bertz CT molecular complexity index is 792. The number of amides is 2. The minimum Gasteiger partial charge on any atom is -0.347 e. The molecule has 2 atom stereocenters. The number of halogens is 2. The van der Waals surface area contributed by atoms with Gasteiger partial charge in [0.1, 0.15) is 12.0 Å². The Hall–Kier alpha value is -2.77. The second-order valence-corrected chi connectivity index (χ2v) is 6.10. The molecule has 6 nitrogen and oxygen atoms in total. The molecule has 1 aliphatic rings. The number of rotatable bonds is 3. The van der Waals surface area contributed by atoms with E-state index in [-0.39, 0.29) is 31.0 Å². The highest BCUT2D eigenvalue weighted by atomic mass is 19.1. The van der Waals surface area contributed by atoms with Gasteiger partial charge in [0.25, 0.3) is 5.91 Å². The summed E-state index contributed by atoms with van der Waals surface area (Å²) in [5.74, 6) is -1.11. The molecule has 3 rings (SSSR count). The molecule has 2 N–H and O–H groups in total. The molecule has 1 aromatic heterocycles. The van der Waals surface area contributed by atoms with E-state index >= 15 is 0 Å². The lowest BCUT2D eigenvalue weighted by atomic mass is 10.0. The van der Waals surface area contributed by atoms with Gasteiger partial charge in [-0.3, -0.25) is 14.7 Å². The second kappa shape index (κ2) is 7.00. The van der Waals surface area contributed by atoms with E-state index in [2.05, 4.69) is 15.5 Å². The molecule has 132 valence electrons. The van der Waals surface area contributed by atoms with Crippen molar-refractivity contribution < 1.29 is 18.4 Å². The monoisotopic (exact) mass is 348 g/mol. The van der Waals surface area contributed by atoms with Crippen LogP contribution in [-0.4, -0.2) is 52.2 Å². The summed E-state index contributed by atoms with van der Waals surface area (Å²) in [5.41, 5.74) is 1.11. The first kappa shape index (κ1) is 17.1. The third-order valence-electron chi connectivity index (χ3n) is 4.18. The smallest absolute Gasteiger partial charge is 0.255 e. The first-order valence-corrected chi connectivity index (χ1v) is 7.94. The third kappa shape index (κ3) is 3.84. The highest BCUT2D eigenvalue weighted by Crippen LogP contribution is 2.22. The van der Waals surface area contributed by atoms with Crippen molar-refractivity contribution in [2.75, 3.05) is 13.1 Å².